The Balaban J connectivity index is 1.15. The van der Waals surface area contributed by atoms with Gasteiger partial charge in [0.05, 0.1) is 5.69 Å². The molecule has 11 heteroatoms. The summed E-state index contributed by atoms with van der Waals surface area (Å²) >= 11 is 6.28. The lowest BCUT2D eigenvalue weighted by molar-refractivity contribution is 0.241. The van der Waals surface area contributed by atoms with Crippen molar-refractivity contribution in [1.29, 1.82) is 0 Å². The third-order valence-electron chi connectivity index (χ3n) is 6.65. The van der Waals surface area contributed by atoms with Gasteiger partial charge < -0.3 is 20.7 Å². The lowest BCUT2D eigenvalue weighted by Crippen LogP contribution is -2.29. The van der Waals surface area contributed by atoms with Crippen molar-refractivity contribution in [2.75, 3.05) is 44.3 Å². The van der Waals surface area contributed by atoms with Crippen LogP contribution >= 0.6 is 11.6 Å². The van der Waals surface area contributed by atoms with Crippen LogP contribution in [0, 0.1) is 12.7 Å². The molecule has 1 atom stereocenters. The third kappa shape index (κ3) is 5.87. The second-order valence-electron chi connectivity index (χ2n) is 9.39. The van der Waals surface area contributed by atoms with E-state index in [9.17, 15) is 4.39 Å². The number of aryl methyl sites for hydroxylation is 1. The largest absolute Gasteiger partial charge is 0.490 e. The number of benzene rings is 2. The van der Waals surface area contributed by atoms with E-state index in [1.807, 2.05) is 38.2 Å². The van der Waals surface area contributed by atoms with Gasteiger partial charge in [-0.05, 0) is 68.2 Å². The second kappa shape index (κ2) is 11.3. The number of anilines is 2. The first-order chi connectivity index (χ1) is 18.4. The predicted octanol–water partition coefficient (Wildman–Crippen LogP) is 4.24. The van der Waals surface area contributed by atoms with E-state index >= 15 is 0 Å². The van der Waals surface area contributed by atoms with Crippen molar-refractivity contribution in [2.45, 2.75) is 25.7 Å². The number of halogens is 2. The Morgan fingerprint density at radius 3 is 2.76 bits per heavy atom. The first-order valence-electron chi connectivity index (χ1n) is 12.5. The number of ether oxygens (including phenoxy) is 1. The van der Waals surface area contributed by atoms with Gasteiger partial charge in [-0.15, -0.1) is 0 Å². The number of nitrogens with zero attached hydrogens (tertiary/aromatic N) is 6. The topological polar surface area (TPSA) is 107 Å². The van der Waals surface area contributed by atoms with Crippen LogP contribution < -0.4 is 15.8 Å². The van der Waals surface area contributed by atoms with Crippen LogP contribution in [0.2, 0.25) is 5.28 Å². The maximum Gasteiger partial charge on any atom is 0.224 e. The highest BCUT2D eigenvalue weighted by atomic mass is 35.5. The third-order valence-corrected chi connectivity index (χ3v) is 6.82. The summed E-state index contributed by atoms with van der Waals surface area (Å²) in [7, 11) is 2.04. The Hall–Kier alpha value is -3.76. The van der Waals surface area contributed by atoms with Gasteiger partial charge in [-0.2, -0.15) is 5.10 Å². The highest BCUT2D eigenvalue weighted by Gasteiger charge is 2.29. The van der Waals surface area contributed by atoms with Gasteiger partial charge in [0.25, 0.3) is 0 Å². The molecule has 198 valence electrons. The molecule has 0 bridgehead atoms. The normalized spacial score (nSPS) is 14.6. The van der Waals surface area contributed by atoms with Gasteiger partial charge in [0, 0.05) is 42.9 Å². The molecule has 0 aliphatic heterocycles. The quantitative estimate of drug-likeness (QED) is 0.229. The van der Waals surface area contributed by atoms with Crippen LogP contribution in [0.1, 0.15) is 35.0 Å². The minimum absolute atomic E-state index is 0.0878. The maximum atomic E-state index is 13.4. The number of rotatable bonds is 10. The van der Waals surface area contributed by atoms with E-state index in [0.29, 0.717) is 37.0 Å². The number of likely N-dealkylation sites (N-methyl/N-ethyl adjacent to an activating group) is 1. The van der Waals surface area contributed by atoms with Gasteiger partial charge in [0.15, 0.2) is 0 Å². The molecule has 38 heavy (non-hydrogen) atoms. The minimum Gasteiger partial charge on any atom is -0.490 e. The van der Waals surface area contributed by atoms with Gasteiger partial charge in [-0.1, -0.05) is 12.1 Å². The molecule has 9 nitrogen and oxygen atoms in total. The molecule has 4 aromatic rings. The fourth-order valence-corrected chi connectivity index (χ4v) is 4.86. The average Bonchev–Trinajstić information content (AvgIpc) is 3.51. The fourth-order valence-electron chi connectivity index (χ4n) is 4.68. The van der Waals surface area contributed by atoms with Crippen molar-refractivity contribution in [3.05, 3.63) is 82.5 Å². The van der Waals surface area contributed by atoms with Crippen LogP contribution in [0.5, 0.6) is 5.75 Å². The molecule has 5 rings (SSSR count). The Labute approximate surface area is 225 Å². The van der Waals surface area contributed by atoms with E-state index in [-0.39, 0.29) is 17.0 Å². The molecule has 1 aliphatic rings. The number of nitrogen functional groups attached to an aromatic ring is 1. The molecule has 2 aromatic heterocycles. The van der Waals surface area contributed by atoms with Crippen LogP contribution in [0.4, 0.5) is 15.9 Å². The molecule has 2 heterocycles. The number of aromatic nitrogens is 5. The van der Waals surface area contributed by atoms with E-state index < -0.39 is 0 Å². The number of nitrogens with one attached hydrogen (secondary N) is 1. The van der Waals surface area contributed by atoms with Crippen molar-refractivity contribution in [1.82, 2.24) is 29.6 Å². The Morgan fingerprint density at radius 2 is 2.00 bits per heavy atom. The summed E-state index contributed by atoms with van der Waals surface area (Å²) in [4.78, 5) is 15.3. The number of hydrogen-bond acceptors (Lipinski definition) is 8. The molecular weight excluding hydrogens is 507 g/mol. The van der Waals surface area contributed by atoms with Crippen molar-refractivity contribution in [3.8, 4) is 11.4 Å². The van der Waals surface area contributed by atoms with Crippen LogP contribution in [-0.4, -0.2) is 62.9 Å². The zero-order chi connectivity index (χ0) is 26.6. The van der Waals surface area contributed by atoms with Crippen molar-refractivity contribution >= 4 is 23.1 Å². The van der Waals surface area contributed by atoms with Crippen molar-refractivity contribution < 1.29 is 9.13 Å². The first kappa shape index (κ1) is 25.9. The maximum absolute atomic E-state index is 13.4. The summed E-state index contributed by atoms with van der Waals surface area (Å²) in [5, 5.41) is 8.02. The van der Waals surface area contributed by atoms with E-state index in [4.69, 9.17) is 22.1 Å². The lowest BCUT2D eigenvalue weighted by Gasteiger charge is -2.19. The summed E-state index contributed by atoms with van der Waals surface area (Å²) in [6.45, 7) is 4.48. The van der Waals surface area contributed by atoms with E-state index in [1.54, 1.807) is 17.1 Å². The zero-order valence-corrected chi connectivity index (χ0v) is 22.1. The van der Waals surface area contributed by atoms with E-state index in [0.717, 1.165) is 47.7 Å². The molecule has 1 unspecified atom stereocenters. The summed E-state index contributed by atoms with van der Waals surface area (Å²) < 4.78 is 21.1. The van der Waals surface area contributed by atoms with E-state index in [1.165, 1.54) is 12.1 Å². The first-order valence-corrected chi connectivity index (χ1v) is 12.9. The fraction of sp³-hybridized carbons (Fsp3) is 0.333. The molecule has 0 amide bonds. The molecular formula is C27H30ClFN8O. The Morgan fingerprint density at radius 1 is 1.18 bits per heavy atom. The molecule has 2 aromatic carbocycles. The van der Waals surface area contributed by atoms with Crippen LogP contribution in [0.15, 0.2) is 48.8 Å². The molecule has 0 radical (unpaired) electrons. The second-order valence-corrected chi connectivity index (χ2v) is 9.73. The van der Waals surface area contributed by atoms with Gasteiger partial charge >= 0.3 is 0 Å². The molecule has 0 saturated heterocycles. The van der Waals surface area contributed by atoms with E-state index in [2.05, 4.69) is 30.3 Å². The Kier molecular flexibility index (Phi) is 7.71. The zero-order valence-electron chi connectivity index (χ0n) is 21.4. The van der Waals surface area contributed by atoms with Gasteiger partial charge in [0.2, 0.25) is 5.28 Å². The predicted molar refractivity (Wildman–Crippen MR) is 146 cm³/mol. The molecule has 0 fully saturated rings. The standard InChI is InChI=1S/C27H30ClFN8O/c1-17-32-16-37(35-17)23-10-7-20(30)15-24(23)38-14-13-36(2)12-11-31-26-22-9-8-21(25(22)33-27(28)34-26)18-3-5-19(29)6-4-18/h3-7,10,15-16,21H,8-9,11-14,30H2,1-2H3,(H,31,33,34). The van der Waals surface area contributed by atoms with Crippen molar-refractivity contribution in [2.24, 2.45) is 0 Å². The highest BCUT2D eigenvalue weighted by molar-refractivity contribution is 6.28. The monoisotopic (exact) mass is 536 g/mol. The SMILES string of the molecule is Cc1ncn(-c2ccc(N)cc2OCCN(C)CCNc2nc(Cl)nc3c2CCC3c2ccc(F)cc2)n1. The smallest absolute Gasteiger partial charge is 0.224 e. The lowest BCUT2D eigenvalue weighted by atomic mass is 9.97. The molecule has 0 saturated carbocycles. The van der Waals surface area contributed by atoms with Gasteiger partial charge in [-0.25, -0.2) is 24.0 Å². The highest BCUT2D eigenvalue weighted by Crippen LogP contribution is 2.40. The van der Waals surface area contributed by atoms with Gasteiger partial charge in [0.1, 0.15) is 41.8 Å². The van der Waals surface area contributed by atoms with Crippen molar-refractivity contribution in [3.63, 3.8) is 0 Å². The Bertz CT molecular complexity index is 1410. The molecule has 0 spiro atoms. The molecule has 3 N–H and O–H groups in total. The van der Waals surface area contributed by atoms with Crippen LogP contribution in [0.25, 0.3) is 5.69 Å². The van der Waals surface area contributed by atoms with Crippen LogP contribution in [-0.2, 0) is 6.42 Å². The summed E-state index contributed by atoms with van der Waals surface area (Å²) in [5.74, 6) is 1.94. The number of fused-ring (bicyclic) bond motifs is 1. The number of nitrogens with two attached hydrogens (primary N) is 1. The molecule has 1 aliphatic carbocycles. The van der Waals surface area contributed by atoms with Gasteiger partial charge in [-0.3, -0.25) is 0 Å². The summed E-state index contributed by atoms with van der Waals surface area (Å²) in [6, 6.07) is 12.1. The minimum atomic E-state index is -0.247. The number of hydrogen-bond donors (Lipinski definition) is 2. The van der Waals surface area contributed by atoms with Crippen LogP contribution in [0.3, 0.4) is 0 Å². The summed E-state index contributed by atoms with van der Waals surface area (Å²) in [5.41, 5.74) is 10.4. The average molecular weight is 537 g/mol. The summed E-state index contributed by atoms with van der Waals surface area (Å²) in [6.07, 6.45) is 3.39.